The highest BCUT2D eigenvalue weighted by Gasteiger charge is 2.05. The first-order valence-corrected chi connectivity index (χ1v) is 7.51. The summed E-state index contributed by atoms with van der Waals surface area (Å²) in [6.45, 7) is 0. The number of nitro benzene ring substituents is 1. The Kier molecular flexibility index (Phi) is 4.44. The molecule has 0 fully saturated rings. The quantitative estimate of drug-likeness (QED) is 0.496. The van der Waals surface area contributed by atoms with Gasteiger partial charge in [-0.2, -0.15) is 0 Å². The number of fused-ring (bicyclic) bond motifs is 1. The molecule has 0 saturated carbocycles. The first-order valence-electron chi connectivity index (χ1n) is 7.13. The van der Waals surface area contributed by atoms with Crippen molar-refractivity contribution in [3.05, 3.63) is 74.9 Å². The minimum absolute atomic E-state index is 0.0629. The van der Waals surface area contributed by atoms with Gasteiger partial charge in [-0.05, 0) is 48.0 Å². The molecule has 0 unspecified atom stereocenters. The second-order valence-corrected chi connectivity index (χ2v) is 5.50. The van der Waals surface area contributed by atoms with Crippen molar-refractivity contribution in [1.29, 1.82) is 0 Å². The second kappa shape index (κ2) is 6.68. The summed E-state index contributed by atoms with van der Waals surface area (Å²) < 4.78 is 5.19. The van der Waals surface area contributed by atoms with Crippen LogP contribution >= 0.6 is 11.6 Å². The van der Waals surface area contributed by atoms with Gasteiger partial charge in [-0.25, -0.2) is 4.98 Å². The van der Waals surface area contributed by atoms with Crippen molar-refractivity contribution in [3.63, 3.8) is 0 Å². The van der Waals surface area contributed by atoms with Gasteiger partial charge in [0.15, 0.2) is 0 Å². The van der Waals surface area contributed by atoms with Gasteiger partial charge in [-0.15, -0.1) is 0 Å². The van der Waals surface area contributed by atoms with E-state index >= 15 is 0 Å². The highest BCUT2D eigenvalue weighted by atomic mass is 35.5. The van der Waals surface area contributed by atoms with Gasteiger partial charge in [0.05, 0.1) is 28.3 Å². The number of ether oxygens (including phenoxy) is 1. The predicted octanol–water partition coefficient (Wildman–Crippen LogP) is 4.98. The Morgan fingerprint density at radius 1 is 1.12 bits per heavy atom. The molecule has 0 saturated heterocycles. The van der Waals surface area contributed by atoms with E-state index in [1.54, 1.807) is 25.3 Å². The van der Waals surface area contributed by atoms with E-state index in [1.807, 2.05) is 30.4 Å². The summed E-state index contributed by atoms with van der Waals surface area (Å²) in [5.74, 6) is 0.723. The largest absolute Gasteiger partial charge is 0.497 e. The maximum Gasteiger partial charge on any atom is 0.269 e. The lowest BCUT2D eigenvalue weighted by Crippen LogP contribution is -1.88. The molecule has 1 heterocycles. The Morgan fingerprint density at radius 2 is 1.88 bits per heavy atom. The Morgan fingerprint density at radius 3 is 2.54 bits per heavy atom. The third-order valence-electron chi connectivity index (χ3n) is 3.54. The molecular weight excluding hydrogens is 328 g/mol. The summed E-state index contributed by atoms with van der Waals surface area (Å²) in [7, 11) is 1.60. The van der Waals surface area contributed by atoms with Crippen molar-refractivity contribution in [2.45, 2.75) is 0 Å². The molecule has 0 bridgehead atoms. The van der Waals surface area contributed by atoms with Crippen LogP contribution in [0, 0.1) is 10.1 Å². The van der Waals surface area contributed by atoms with Crippen molar-refractivity contribution in [3.8, 4) is 5.75 Å². The molecule has 1 aromatic heterocycles. The Bertz CT molecular complexity index is 937. The number of pyridine rings is 1. The van der Waals surface area contributed by atoms with Gasteiger partial charge >= 0.3 is 0 Å². The molecule has 0 aliphatic heterocycles. The summed E-state index contributed by atoms with van der Waals surface area (Å²) >= 11 is 6.32. The average molecular weight is 341 g/mol. The molecule has 24 heavy (non-hydrogen) atoms. The van der Waals surface area contributed by atoms with E-state index < -0.39 is 4.92 Å². The Balaban J connectivity index is 1.90. The van der Waals surface area contributed by atoms with Crippen molar-refractivity contribution in [2.24, 2.45) is 0 Å². The van der Waals surface area contributed by atoms with Crippen LogP contribution in [0.25, 0.3) is 23.1 Å². The lowest BCUT2D eigenvalue weighted by Gasteiger charge is -2.05. The van der Waals surface area contributed by atoms with E-state index in [2.05, 4.69) is 4.98 Å². The first-order chi connectivity index (χ1) is 11.6. The fourth-order valence-corrected chi connectivity index (χ4v) is 2.55. The van der Waals surface area contributed by atoms with Crippen LogP contribution in [0.5, 0.6) is 5.75 Å². The number of halogens is 1. The van der Waals surface area contributed by atoms with Crippen LogP contribution in [0.2, 0.25) is 5.02 Å². The van der Waals surface area contributed by atoms with E-state index in [-0.39, 0.29) is 5.69 Å². The lowest BCUT2D eigenvalue weighted by molar-refractivity contribution is -0.384. The van der Waals surface area contributed by atoms with Crippen molar-refractivity contribution in [2.75, 3.05) is 7.11 Å². The van der Waals surface area contributed by atoms with Crippen LogP contribution < -0.4 is 4.74 Å². The smallest absolute Gasteiger partial charge is 0.269 e. The van der Waals surface area contributed by atoms with Gasteiger partial charge in [0.25, 0.3) is 5.69 Å². The molecular formula is C18H13ClN2O3. The molecule has 0 aliphatic carbocycles. The number of benzene rings is 2. The van der Waals surface area contributed by atoms with Crippen LogP contribution in [0.1, 0.15) is 11.3 Å². The van der Waals surface area contributed by atoms with E-state index in [4.69, 9.17) is 16.3 Å². The molecule has 0 spiro atoms. The molecule has 6 heteroatoms. The van der Waals surface area contributed by atoms with Crippen LogP contribution in [0.15, 0.2) is 48.5 Å². The lowest BCUT2D eigenvalue weighted by atomic mass is 10.1. The van der Waals surface area contributed by atoms with Gasteiger partial charge in [-0.1, -0.05) is 17.7 Å². The van der Waals surface area contributed by atoms with Crippen LogP contribution in [0.3, 0.4) is 0 Å². The molecule has 120 valence electrons. The molecule has 2 aromatic carbocycles. The van der Waals surface area contributed by atoms with E-state index in [0.29, 0.717) is 10.7 Å². The van der Waals surface area contributed by atoms with Gasteiger partial charge in [0.1, 0.15) is 5.75 Å². The maximum absolute atomic E-state index is 10.7. The van der Waals surface area contributed by atoms with Gasteiger partial charge in [0, 0.05) is 17.5 Å². The third-order valence-corrected chi connectivity index (χ3v) is 3.85. The third kappa shape index (κ3) is 3.36. The number of aromatic nitrogens is 1. The van der Waals surface area contributed by atoms with E-state index in [0.717, 1.165) is 22.2 Å². The Hall–Kier alpha value is -2.92. The fourth-order valence-electron chi connectivity index (χ4n) is 2.28. The van der Waals surface area contributed by atoms with Crippen LogP contribution in [-0.2, 0) is 0 Å². The SMILES string of the molecule is COc1ccc2nc(/C=C/c3ccc([N+](=O)[O-])cc3)cc(Cl)c2c1. The monoisotopic (exact) mass is 340 g/mol. The molecule has 3 rings (SSSR count). The predicted molar refractivity (Wildman–Crippen MR) is 95.3 cm³/mol. The maximum atomic E-state index is 10.7. The number of rotatable bonds is 4. The van der Waals surface area contributed by atoms with Crippen LogP contribution in [-0.4, -0.2) is 17.0 Å². The Labute approximate surface area is 143 Å². The second-order valence-electron chi connectivity index (χ2n) is 5.09. The van der Waals surface area contributed by atoms with Crippen molar-refractivity contribution in [1.82, 2.24) is 4.98 Å². The molecule has 0 aliphatic rings. The van der Waals surface area contributed by atoms with Crippen molar-refractivity contribution < 1.29 is 9.66 Å². The van der Waals surface area contributed by atoms with Gasteiger partial charge in [0.2, 0.25) is 0 Å². The zero-order chi connectivity index (χ0) is 17.1. The normalized spacial score (nSPS) is 11.1. The van der Waals surface area contributed by atoms with Crippen molar-refractivity contribution >= 4 is 40.3 Å². The standard InChI is InChI=1S/C18H13ClN2O3/c1-24-15-8-9-18-16(11-15)17(19)10-13(20-18)5-2-12-3-6-14(7-4-12)21(22)23/h2-11H,1H3/b5-2+. The molecule has 0 N–H and O–H groups in total. The number of nitro groups is 1. The minimum atomic E-state index is -0.424. The summed E-state index contributed by atoms with van der Waals surface area (Å²) in [5.41, 5.74) is 2.38. The zero-order valence-corrected chi connectivity index (χ0v) is 13.5. The number of methoxy groups -OCH3 is 1. The number of hydrogen-bond acceptors (Lipinski definition) is 4. The van der Waals surface area contributed by atoms with Gasteiger partial charge < -0.3 is 4.74 Å². The summed E-state index contributed by atoms with van der Waals surface area (Å²) in [5, 5.41) is 12.1. The fraction of sp³-hybridized carbons (Fsp3) is 0.0556. The summed E-state index contributed by atoms with van der Waals surface area (Å²) in [6, 6.07) is 13.6. The molecule has 3 aromatic rings. The first kappa shape index (κ1) is 16.0. The van der Waals surface area contributed by atoms with Crippen LogP contribution in [0.4, 0.5) is 5.69 Å². The number of hydrogen-bond donors (Lipinski definition) is 0. The number of nitrogens with zero attached hydrogens (tertiary/aromatic N) is 2. The molecule has 0 atom stereocenters. The van der Waals surface area contributed by atoms with E-state index in [9.17, 15) is 10.1 Å². The minimum Gasteiger partial charge on any atom is -0.497 e. The average Bonchev–Trinajstić information content (AvgIpc) is 2.60. The molecule has 5 nitrogen and oxygen atoms in total. The molecule has 0 amide bonds. The highest BCUT2D eigenvalue weighted by molar-refractivity contribution is 6.35. The summed E-state index contributed by atoms with van der Waals surface area (Å²) in [4.78, 5) is 14.8. The van der Waals surface area contributed by atoms with Gasteiger partial charge in [-0.3, -0.25) is 10.1 Å². The zero-order valence-electron chi connectivity index (χ0n) is 12.8. The highest BCUT2D eigenvalue weighted by Crippen LogP contribution is 2.27. The molecule has 0 radical (unpaired) electrons. The topological polar surface area (TPSA) is 65.3 Å². The van der Waals surface area contributed by atoms with E-state index in [1.165, 1.54) is 12.1 Å². The number of non-ortho nitro benzene ring substituents is 1. The summed E-state index contributed by atoms with van der Waals surface area (Å²) in [6.07, 6.45) is 3.65.